The van der Waals surface area contributed by atoms with Crippen LogP contribution in [0.2, 0.25) is 5.15 Å². The molecule has 1 aromatic rings. The highest BCUT2D eigenvalue weighted by Gasteiger charge is 2.30. The number of carbonyl (C=O) groups is 2. The van der Waals surface area contributed by atoms with Crippen molar-refractivity contribution in [2.45, 2.75) is 44.8 Å². The fraction of sp³-hybridized carbons (Fsp3) is 0.556. The number of aromatic nitrogens is 1. The molecule has 26 heavy (non-hydrogen) atoms. The number of thiocarbonyl (C=S) groups is 1. The maximum Gasteiger partial charge on any atom is 0.225 e. The SMILES string of the molecule is CCOC(=S)SC(CCC(=O)C1CC1)CN(C(C)=O)c1cccc(Cl)n1. The van der Waals surface area contributed by atoms with Gasteiger partial charge in [-0.05, 0) is 50.5 Å². The largest absolute Gasteiger partial charge is 0.479 e. The summed E-state index contributed by atoms with van der Waals surface area (Å²) < 4.78 is 5.80. The minimum absolute atomic E-state index is 0.0542. The summed E-state index contributed by atoms with van der Waals surface area (Å²) in [5, 5.41) is 0.271. The summed E-state index contributed by atoms with van der Waals surface area (Å²) in [5.41, 5.74) is 0. The monoisotopic (exact) mass is 414 g/mol. The zero-order chi connectivity index (χ0) is 19.1. The molecule has 0 aliphatic heterocycles. The lowest BCUT2D eigenvalue weighted by atomic mass is 10.1. The number of ketones is 1. The van der Waals surface area contributed by atoms with Crippen molar-refractivity contribution in [3.05, 3.63) is 23.4 Å². The lowest BCUT2D eigenvalue weighted by Crippen LogP contribution is -2.36. The number of thioether (sulfide) groups is 1. The standard InChI is InChI=1S/C18H23ClN2O3S2/c1-3-24-18(25)26-14(9-10-15(23)13-7-8-13)11-21(12(2)22)17-6-4-5-16(19)20-17/h4-6,13-14H,3,7-11H2,1-2H3. The highest BCUT2D eigenvalue weighted by molar-refractivity contribution is 8.23. The second-order valence-electron chi connectivity index (χ2n) is 6.15. The molecule has 8 heteroatoms. The van der Waals surface area contributed by atoms with Gasteiger partial charge >= 0.3 is 0 Å². The molecule has 0 radical (unpaired) electrons. The van der Waals surface area contributed by atoms with Crippen LogP contribution < -0.4 is 4.90 Å². The summed E-state index contributed by atoms with van der Waals surface area (Å²) in [7, 11) is 0. The Balaban J connectivity index is 2.08. The van der Waals surface area contributed by atoms with Crippen molar-refractivity contribution in [1.29, 1.82) is 0 Å². The molecule has 0 bridgehead atoms. The first-order valence-electron chi connectivity index (χ1n) is 8.67. The Labute approximate surface area is 168 Å². The molecular weight excluding hydrogens is 392 g/mol. The van der Waals surface area contributed by atoms with Crippen LogP contribution in [0, 0.1) is 5.92 Å². The van der Waals surface area contributed by atoms with Gasteiger partial charge in [-0.25, -0.2) is 4.98 Å². The molecule has 1 aromatic heterocycles. The zero-order valence-corrected chi connectivity index (χ0v) is 17.3. The molecular formula is C18H23ClN2O3S2. The maximum absolute atomic E-state index is 12.2. The van der Waals surface area contributed by atoms with Gasteiger partial charge in [-0.2, -0.15) is 0 Å². The third kappa shape index (κ3) is 6.85. The van der Waals surface area contributed by atoms with Crippen molar-refractivity contribution in [3.8, 4) is 0 Å². The predicted molar refractivity (Wildman–Crippen MR) is 110 cm³/mol. The normalized spacial score (nSPS) is 14.6. The van der Waals surface area contributed by atoms with Crippen LogP contribution in [0.4, 0.5) is 5.82 Å². The quantitative estimate of drug-likeness (QED) is 0.444. The summed E-state index contributed by atoms with van der Waals surface area (Å²) in [6.07, 6.45) is 3.13. The van der Waals surface area contributed by atoms with Gasteiger partial charge in [0.2, 0.25) is 10.3 Å². The fourth-order valence-electron chi connectivity index (χ4n) is 2.52. The van der Waals surface area contributed by atoms with E-state index in [0.717, 1.165) is 12.8 Å². The van der Waals surface area contributed by atoms with Gasteiger partial charge in [0.15, 0.2) is 0 Å². The minimum Gasteiger partial charge on any atom is -0.479 e. The van der Waals surface area contributed by atoms with Crippen LogP contribution in [0.3, 0.4) is 0 Å². The predicted octanol–water partition coefficient (Wildman–Crippen LogP) is 4.27. The molecule has 2 rings (SSSR count). The topological polar surface area (TPSA) is 59.5 Å². The van der Waals surface area contributed by atoms with E-state index < -0.39 is 0 Å². The Kier molecular flexibility index (Phi) is 8.31. The molecule has 0 N–H and O–H groups in total. The lowest BCUT2D eigenvalue weighted by molar-refractivity contribution is -0.120. The first-order valence-corrected chi connectivity index (χ1v) is 10.3. The van der Waals surface area contributed by atoms with E-state index in [2.05, 4.69) is 4.98 Å². The van der Waals surface area contributed by atoms with Gasteiger partial charge in [0.05, 0.1) is 6.61 Å². The summed E-state index contributed by atoms with van der Waals surface area (Å²) >= 11 is 12.6. The molecule has 5 nitrogen and oxygen atoms in total. The van der Waals surface area contributed by atoms with Crippen molar-refractivity contribution >= 4 is 57.5 Å². The van der Waals surface area contributed by atoms with E-state index in [1.165, 1.54) is 18.7 Å². The molecule has 0 saturated heterocycles. The number of hydrogen-bond donors (Lipinski definition) is 0. The first kappa shape index (κ1) is 21.1. The highest BCUT2D eigenvalue weighted by atomic mass is 35.5. The van der Waals surface area contributed by atoms with Gasteiger partial charge < -0.3 is 4.74 Å². The lowest BCUT2D eigenvalue weighted by Gasteiger charge is -2.25. The van der Waals surface area contributed by atoms with E-state index >= 15 is 0 Å². The Morgan fingerprint density at radius 3 is 2.77 bits per heavy atom. The van der Waals surface area contributed by atoms with Crippen molar-refractivity contribution in [1.82, 2.24) is 4.98 Å². The Morgan fingerprint density at radius 2 is 2.19 bits per heavy atom. The number of ether oxygens (including phenoxy) is 1. The number of carbonyl (C=O) groups excluding carboxylic acids is 2. The molecule has 1 fully saturated rings. The second kappa shape index (κ2) is 10.2. The summed E-state index contributed by atoms with van der Waals surface area (Å²) in [5.74, 6) is 0.888. The number of anilines is 1. The average molecular weight is 415 g/mol. The van der Waals surface area contributed by atoms with Gasteiger partial charge in [-0.15, -0.1) is 0 Å². The number of rotatable bonds is 9. The van der Waals surface area contributed by atoms with Crippen LogP contribution in [0.1, 0.15) is 39.5 Å². The van der Waals surface area contributed by atoms with Crippen LogP contribution in [0.25, 0.3) is 0 Å². The van der Waals surface area contributed by atoms with Crippen molar-refractivity contribution in [2.24, 2.45) is 5.92 Å². The summed E-state index contributed by atoms with van der Waals surface area (Å²) in [6.45, 7) is 4.24. The van der Waals surface area contributed by atoms with E-state index in [0.29, 0.717) is 47.1 Å². The third-order valence-corrected chi connectivity index (χ3v) is 5.66. The van der Waals surface area contributed by atoms with E-state index in [4.69, 9.17) is 28.6 Å². The molecule has 1 saturated carbocycles. The second-order valence-corrected chi connectivity index (χ2v) is 8.44. The third-order valence-electron chi connectivity index (χ3n) is 4.01. The Hall–Kier alpha value is -1.18. The number of hydrogen-bond acceptors (Lipinski definition) is 6. The van der Waals surface area contributed by atoms with E-state index in [9.17, 15) is 9.59 Å². The van der Waals surface area contributed by atoms with Gasteiger partial charge in [0.1, 0.15) is 16.8 Å². The summed E-state index contributed by atoms with van der Waals surface area (Å²) in [6, 6.07) is 5.16. The van der Waals surface area contributed by atoms with Gasteiger partial charge in [-0.3, -0.25) is 14.5 Å². The number of nitrogens with zero attached hydrogens (tertiary/aromatic N) is 2. The molecule has 1 amide bonds. The Morgan fingerprint density at radius 1 is 1.46 bits per heavy atom. The summed E-state index contributed by atoms with van der Waals surface area (Å²) in [4.78, 5) is 30.0. The number of Topliss-reactive ketones (excluding diaryl/α,β-unsaturated/α-hetero) is 1. The minimum atomic E-state index is -0.138. The molecule has 1 atom stereocenters. The van der Waals surface area contributed by atoms with Gasteiger partial charge in [0, 0.05) is 31.1 Å². The fourth-order valence-corrected chi connectivity index (χ4v) is 4.13. The molecule has 1 unspecified atom stereocenters. The van der Waals surface area contributed by atoms with Crippen LogP contribution in [0.5, 0.6) is 0 Å². The van der Waals surface area contributed by atoms with Crippen LogP contribution >= 0.6 is 35.6 Å². The van der Waals surface area contributed by atoms with Crippen molar-refractivity contribution < 1.29 is 14.3 Å². The number of pyridine rings is 1. The molecule has 0 aromatic carbocycles. The highest BCUT2D eigenvalue weighted by Crippen LogP contribution is 2.32. The molecule has 1 heterocycles. The average Bonchev–Trinajstić information content (AvgIpc) is 3.41. The van der Waals surface area contributed by atoms with Crippen LogP contribution in [-0.4, -0.2) is 39.5 Å². The van der Waals surface area contributed by atoms with Crippen LogP contribution in [-0.2, 0) is 14.3 Å². The number of amides is 1. The zero-order valence-electron chi connectivity index (χ0n) is 14.9. The smallest absolute Gasteiger partial charge is 0.225 e. The Bertz CT molecular complexity index is 668. The van der Waals surface area contributed by atoms with Crippen LogP contribution in [0.15, 0.2) is 18.2 Å². The first-order chi connectivity index (χ1) is 12.4. The molecule has 1 aliphatic rings. The molecule has 0 spiro atoms. The van der Waals surface area contributed by atoms with Gasteiger partial charge in [0.25, 0.3) is 0 Å². The van der Waals surface area contributed by atoms with Gasteiger partial charge in [-0.1, -0.05) is 29.4 Å². The molecule has 1 aliphatic carbocycles. The number of halogens is 1. The van der Waals surface area contributed by atoms with E-state index in [1.54, 1.807) is 23.1 Å². The van der Waals surface area contributed by atoms with E-state index in [-0.39, 0.29) is 17.1 Å². The maximum atomic E-state index is 12.2. The van der Waals surface area contributed by atoms with Crippen molar-refractivity contribution in [2.75, 3.05) is 18.1 Å². The van der Waals surface area contributed by atoms with E-state index in [1.807, 2.05) is 6.92 Å². The molecule has 142 valence electrons. The van der Waals surface area contributed by atoms with Crippen molar-refractivity contribution in [3.63, 3.8) is 0 Å².